The van der Waals surface area contributed by atoms with Gasteiger partial charge in [-0.2, -0.15) is 9.65 Å². The first-order chi connectivity index (χ1) is 5.24. The molecule has 0 fully saturated rings. The number of nitriles is 1. The van der Waals surface area contributed by atoms with E-state index in [0.717, 1.165) is 0 Å². The molecular formula is C7H4BrFN2. The van der Waals surface area contributed by atoms with Gasteiger partial charge in [-0.3, -0.25) is 0 Å². The summed E-state index contributed by atoms with van der Waals surface area (Å²) in [6.07, 6.45) is 1.54. The summed E-state index contributed by atoms with van der Waals surface area (Å²) in [6, 6.07) is 3.17. The van der Waals surface area contributed by atoms with Crippen molar-refractivity contribution in [1.82, 2.24) is 4.98 Å². The van der Waals surface area contributed by atoms with Crippen molar-refractivity contribution in [2.24, 2.45) is 0 Å². The molecule has 2 nitrogen and oxygen atoms in total. The normalized spacial score (nSPS) is 9.18. The summed E-state index contributed by atoms with van der Waals surface area (Å²) in [5.41, 5.74) is 0.625. The minimum atomic E-state index is -0.557. The first kappa shape index (κ1) is 8.15. The zero-order valence-corrected chi connectivity index (χ0v) is 7.10. The number of rotatable bonds is 1. The Hall–Kier alpha value is -0.950. The third-order valence-electron chi connectivity index (χ3n) is 1.17. The molecule has 0 aliphatic heterocycles. The fourth-order valence-electron chi connectivity index (χ4n) is 0.672. The van der Waals surface area contributed by atoms with Crippen LogP contribution >= 0.6 is 15.9 Å². The molecule has 1 heterocycles. The van der Waals surface area contributed by atoms with Crippen molar-refractivity contribution in [3.63, 3.8) is 0 Å². The van der Waals surface area contributed by atoms with Gasteiger partial charge in [0.05, 0.1) is 12.5 Å². The van der Waals surface area contributed by atoms with Crippen LogP contribution in [0, 0.1) is 17.3 Å². The molecule has 1 aromatic heterocycles. The van der Waals surface area contributed by atoms with Gasteiger partial charge in [0.25, 0.3) is 0 Å². The summed E-state index contributed by atoms with van der Waals surface area (Å²) in [5, 5.41) is 8.32. The lowest BCUT2D eigenvalue weighted by Gasteiger charge is -1.96. The molecule has 0 aliphatic carbocycles. The molecule has 0 saturated carbocycles. The third-order valence-corrected chi connectivity index (χ3v) is 1.88. The molecule has 4 heteroatoms. The van der Waals surface area contributed by atoms with Gasteiger partial charge in [0, 0.05) is 10.7 Å². The molecule has 0 amide bonds. The van der Waals surface area contributed by atoms with E-state index in [9.17, 15) is 4.39 Å². The SMILES string of the molecule is N#CCc1cc(F)ncc1Br. The molecule has 0 bridgehead atoms. The van der Waals surface area contributed by atoms with Crippen LogP contribution in [0.1, 0.15) is 5.56 Å². The average Bonchev–Trinajstić information content (AvgIpc) is 1.98. The van der Waals surface area contributed by atoms with Crippen LogP contribution in [-0.4, -0.2) is 4.98 Å². The Morgan fingerprint density at radius 2 is 2.45 bits per heavy atom. The Morgan fingerprint density at radius 1 is 1.73 bits per heavy atom. The highest BCUT2D eigenvalue weighted by Gasteiger charge is 2.00. The first-order valence-electron chi connectivity index (χ1n) is 2.91. The summed E-state index contributed by atoms with van der Waals surface area (Å²) in [7, 11) is 0. The van der Waals surface area contributed by atoms with Crippen LogP contribution in [-0.2, 0) is 6.42 Å². The van der Waals surface area contributed by atoms with E-state index in [0.29, 0.717) is 10.0 Å². The molecule has 0 spiro atoms. The monoisotopic (exact) mass is 214 g/mol. The molecule has 1 rings (SSSR count). The Kier molecular flexibility index (Phi) is 2.55. The highest BCUT2D eigenvalue weighted by molar-refractivity contribution is 9.10. The number of halogens is 2. The molecule has 0 aliphatic rings. The number of hydrogen-bond donors (Lipinski definition) is 0. The molecule has 0 atom stereocenters. The second kappa shape index (κ2) is 3.44. The van der Waals surface area contributed by atoms with Crippen LogP contribution in [0.3, 0.4) is 0 Å². The van der Waals surface area contributed by atoms with Gasteiger partial charge < -0.3 is 0 Å². The molecule has 11 heavy (non-hydrogen) atoms. The number of pyridine rings is 1. The van der Waals surface area contributed by atoms with Crippen molar-refractivity contribution < 1.29 is 4.39 Å². The van der Waals surface area contributed by atoms with E-state index >= 15 is 0 Å². The maximum absolute atomic E-state index is 12.4. The van der Waals surface area contributed by atoms with Crippen molar-refractivity contribution in [2.75, 3.05) is 0 Å². The highest BCUT2D eigenvalue weighted by atomic mass is 79.9. The summed E-state index contributed by atoms with van der Waals surface area (Å²) in [5.74, 6) is -0.557. The Morgan fingerprint density at radius 3 is 3.09 bits per heavy atom. The topological polar surface area (TPSA) is 36.7 Å². The van der Waals surface area contributed by atoms with E-state index in [1.165, 1.54) is 12.3 Å². The molecular weight excluding hydrogens is 211 g/mol. The summed E-state index contributed by atoms with van der Waals surface area (Å²) < 4.78 is 13.1. The van der Waals surface area contributed by atoms with E-state index < -0.39 is 5.95 Å². The van der Waals surface area contributed by atoms with E-state index in [-0.39, 0.29) is 6.42 Å². The van der Waals surface area contributed by atoms with Crippen LogP contribution < -0.4 is 0 Å². The van der Waals surface area contributed by atoms with Crippen molar-refractivity contribution in [2.45, 2.75) is 6.42 Å². The van der Waals surface area contributed by atoms with Gasteiger partial charge in [-0.15, -0.1) is 0 Å². The Bertz CT molecular complexity index is 306. The van der Waals surface area contributed by atoms with Gasteiger partial charge in [0.1, 0.15) is 0 Å². The van der Waals surface area contributed by atoms with Gasteiger partial charge in [0.2, 0.25) is 5.95 Å². The van der Waals surface area contributed by atoms with Crippen LogP contribution in [0.4, 0.5) is 4.39 Å². The summed E-state index contributed by atoms with van der Waals surface area (Å²) >= 11 is 3.15. The second-order valence-corrected chi connectivity index (χ2v) is 2.79. The lowest BCUT2D eigenvalue weighted by Crippen LogP contribution is -1.88. The third kappa shape index (κ3) is 1.99. The highest BCUT2D eigenvalue weighted by Crippen LogP contribution is 2.15. The van der Waals surface area contributed by atoms with E-state index in [1.54, 1.807) is 0 Å². The van der Waals surface area contributed by atoms with Gasteiger partial charge in [0.15, 0.2) is 0 Å². The Labute approximate surface area is 71.8 Å². The molecule has 1 aromatic rings. The molecule has 56 valence electrons. The van der Waals surface area contributed by atoms with Crippen LogP contribution in [0.2, 0.25) is 0 Å². The van der Waals surface area contributed by atoms with Gasteiger partial charge in [-0.25, -0.2) is 4.98 Å². The van der Waals surface area contributed by atoms with Crippen LogP contribution in [0.15, 0.2) is 16.7 Å². The van der Waals surface area contributed by atoms with Crippen molar-refractivity contribution in [1.29, 1.82) is 5.26 Å². The number of nitrogens with zero attached hydrogens (tertiary/aromatic N) is 2. The molecule has 0 saturated heterocycles. The predicted molar refractivity (Wildman–Crippen MR) is 41.2 cm³/mol. The van der Waals surface area contributed by atoms with E-state index in [1.807, 2.05) is 6.07 Å². The van der Waals surface area contributed by atoms with Gasteiger partial charge in [-0.1, -0.05) is 0 Å². The smallest absolute Gasteiger partial charge is 0.213 e. The number of hydrogen-bond acceptors (Lipinski definition) is 2. The largest absolute Gasteiger partial charge is 0.227 e. The fourth-order valence-corrected chi connectivity index (χ4v) is 1.03. The van der Waals surface area contributed by atoms with E-state index in [2.05, 4.69) is 20.9 Å². The minimum Gasteiger partial charge on any atom is -0.227 e. The van der Waals surface area contributed by atoms with Crippen molar-refractivity contribution in [3.05, 3.63) is 28.2 Å². The minimum absolute atomic E-state index is 0.194. The zero-order chi connectivity index (χ0) is 8.27. The van der Waals surface area contributed by atoms with Gasteiger partial charge in [-0.05, 0) is 27.6 Å². The standard InChI is InChI=1S/C7H4BrFN2/c8-6-4-11-7(9)3-5(6)1-2-10/h3-4H,1H2. The quantitative estimate of drug-likeness (QED) is 0.672. The van der Waals surface area contributed by atoms with Crippen molar-refractivity contribution in [3.8, 4) is 6.07 Å². The zero-order valence-electron chi connectivity index (χ0n) is 5.51. The maximum atomic E-state index is 12.4. The van der Waals surface area contributed by atoms with Crippen molar-refractivity contribution >= 4 is 15.9 Å². The molecule has 0 unspecified atom stereocenters. The lowest BCUT2D eigenvalue weighted by molar-refractivity contribution is 0.581. The van der Waals surface area contributed by atoms with Gasteiger partial charge >= 0.3 is 0 Å². The molecule has 0 aromatic carbocycles. The van der Waals surface area contributed by atoms with Crippen LogP contribution in [0.5, 0.6) is 0 Å². The number of aromatic nitrogens is 1. The fraction of sp³-hybridized carbons (Fsp3) is 0.143. The summed E-state index contributed by atoms with van der Waals surface area (Å²) in [6.45, 7) is 0. The Balaban J connectivity index is 3.05. The maximum Gasteiger partial charge on any atom is 0.213 e. The molecule has 0 radical (unpaired) electrons. The first-order valence-corrected chi connectivity index (χ1v) is 3.70. The lowest BCUT2D eigenvalue weighted by atomic mass is 10.2. The average molecular weight is 215 g/mol. The predicted octanol–water partition coefficient (Wildman–Crippen LogP) is 2.05. The van der Waals surface area contributed by atoms with E-state index in [4.69, 9.17) is 5.26 Å². The summed E-state index contributed by atoms with van der Waals surface area (Å²) in [4.78, 5) is 3.40. The molecule has 0 N–H and O–H groups in total. The van der Waals surface area contributed by atoms with Crippen LogP contribution in [0.25, 0.3) is 0 Å². The second-order valence-electron chi connectivity index (χ2n) is 1.93.